The topological polar surface area (TPSA) is 52.2 Å². The molecule has 5 heteroatoms. The van der Waals surface area contributed by atoms with Gasteiger partial charge in [0.25, 0.3) is 11.1 Å². The monoisotopic (exact) mass is 692 g/mol. The number of pyridine rings is 4. The van der Waals surface area contributed by atoms with Gasteiger partial charge < -0.3 is 4.74 Å². The van der Waals surface area contributed by atoms with Crippen molar-refractivity contribution in [1.29, 1.82) is 0 Å². The number of hydrogen-bond acceptors (Lipinski definition) is 3. The summed E-state index contributed by atoms with van der Waals surface area (Å²) in [6.45, 7) is 26.1. The summed E-state index contributed by atoms with van der Waals surface area (Å²) in [6.07, 6.45) is 4.01. The summed E-state index contributed by atoms with van der Waals surface area (Å²) in [7, 11) is 0. The third kappa shape index (κ3) is 5.79. The maximum atomic E-state index is 14.0. The summed E-state index contributed by atoms with van der Waals surface area (Å²) in [5, 5.41) is 0. The average Bonchev–Trinajstić information content (AvgIpc) is 3.05. The molecule has 52 heavy (non-hydrogen) atoms. The van der Waals surface area contributed by atoms with Gasteiger partial charge in [-0.15, -0.1) is 0 Å². The number of fused-ring (bicyclic) bond motifs is 4. The first kappa shape index (κ1) is 35.5. The lowest BCUT2D eigenvalue weighted by Gasteiger charge is -2.43. The number of aromatic nitrogens is 2. The Labute approximate surface area is 307 Å². The summed E-state index contributed by atoms with van der Waals surface area (Å²) in [5.74, 6) is 1.49. The Morgan fingerprint density at radius 2 is 0.808 bits per heavy atom. The quantitative estimate of drug-likeness (QED) is 0.181. The van der Waals surface area contributed by atoms with Crippen molar-refractivity contribution in [1.82, 2.24) is 8.80 Å². The smallest absolute Gasteiger partial charge is 0.255 e. The van der Waals surface area contributed by atoms with Crippen molar-refractivity contribution in [3.63, 3.8) is 0 Å². The Bertz CT molecular complexity index is 2340. The molecule has 0 aliphatic carbocycles. The van der Waals surface area contributed by atoms with E-state index in [4.69, 9.17) is 4.74 Å². The van der Waals surface area contributed by atoms with Gasteiger partial charge in [-0.3, -0.25) is 18.4 Å². The molecule has 1 aliphatic rings. The molecule has 4 aromatic heterocycles. The van der Waals surface area contributed by atoms with Gasteiger partial charge in [-0.25, -0.2) is 0 Å². The fourth-order valence-corrected chi connectivity index (χ4v) is 7.57. The molecule has 0 unspecified atom stereocenters. The first-order valence-electron chi connectivity index (χ1n) is 18.4. The molecule has 0 N–H and O–H groups in total. The molecule has 5 heterocycles. The van der Waals surface area contributed by atoms with E-state index in [-0.39, 0.29) is 32.8 Å². The highest BCUT2D eigenvalue weighted by Gasteiger charge is 2.47. The van der Waals surface area contributed by atoms with Crippen LogP contribution in [-0.4, -0.2) is 8.80 Å². The molecule has 1 aliphatic heterocycles. The average molecular weight is 693 g/mol. The Morgan fingerprint density at radius 1 is 0.442 bits per heavy atom. The van der Waals surface area contributed by atoms with Gasteiger partial charge in [0.15, 0.2) is 0 Å². The van der Waals surface area contributed by atoms with Crippen molar-refractivity contribution < 1.29 is 4.74 Å². The summed E-state index contributed by atoms with van der Waals surface area (Å²) < 4.78 is 10.3. The molecule has 5 nitrogen and oxygen atoms in total. The minimum atomic E-state index is -0.960. The molecular weight excluding hydrogens is 641 g/mol. The van der Waals surface area contributed by atoms with Crippen LogP contribution in [0.25, 0.3) is 11.0 Å². The molecule has 7 rings (SSSR count). The summed E-state index contributed by atoms with van der Waals surface area (Å²) in [6, 6.07) is 29.2. The summed E-state index contributed by atoms with van der Waals surface area (Å²) >= 11 is 0. The van der Waals surface area contributed by atoms with Crippen LogP contribution in [0.3, 0.4) is 0 Å². The minimum Gasteiger partial charge on any atom is -0.457 e. The molecule has 268 valence electrons. The van der Waals surface area contributed by atoms with E-state index in [9.17, 15) is 9.59 Å². The molecule has 0 atom stereocenters. The van der Waals surface area contributed by atoms with Gasteiger partial charge in [0.05, 0.1) is 5.41 Å². The van der Waals surface area contributed by atoms with Crippen molar-refractivity contribution in [2.75, 3.05) is 0 Å². The fourth-order valence-electron chi connectivity index (χ4n) is 7.57. The Balaban J connectivity index is 1.67. The van der Waals surface area contributed by atoms with E-state index < -0.39 is 5.41 Å². The molecule has 0 bridgehead atoms. The summed E-state index contributed by atoms with van der Waals surface area (Å²) in [4.78, 5) is 28.0. The second-order valence-corrected chi connectivity index (χ2v) is 18.9. The molecule has 0 amide bonds. The Hall–Kier alpha value is -4.90. The highest BCUT2D eigenvalue weighted by molar-refractivity contribution is 5.71. The van der Waals surface area contributed by atoms with Gasteiger partial charge >= 0.3 is 0 Å². The van der Waals surface area contributed by atoms with E-state index >= 15 is 0 Å². The van der Waals surface area contributed by atoms with Crippen LogP contribution in [0.2, 0.25) is 0 Å². The molecule has 0 radical (unpaired) electrons. The van der Waals surface area contributed by atoms with E-state index in [0.717, 1.165) is 67.0 Å². The highest BCUT2D eigenvalue weighted by Crippen LogP contribution is 2.56. The lowest BCUT2D eigenvalue weighted by atomic mass is 9.63. The predicted octanol–water partition coefficient (Wildman–Crippen LogP) is 10.6. The van der Waals surface area contributed by atoms with Crippen LogP contribution in [0.15, 0.2) is 107 Å². The lowest BCUT2D eigenvalue weighted by molar-refractivity contribution is 0.430. The first-order valence-corrected chi connectivity index (χ1v) is 18.4. The lowest BCUT2D eigenvalue weighted by Crippen LogP contribution is -2.36. The zero-order chi connectivity index (χ0) is 37.8. The van der Waals surface area contributed by atoms with E-state index in [1.807, 2.05) is 12.4 Å². The third-order valence-corrected chi connectivity index (χ3v) is 10.9. The van der Waals surface area contributed by atoms with Crippen molar-refractivity contribution >= 4 is 11.0 Å². The zero-order valence-corrected chi connectivity index (χ0v) is 32.9. The van der Waals surface area contributed by atoms with Crippen LogP contribution in [-0.2, 0) is 27.1 Å². The fraction of sp³-hybridized carbons (Fsp3) is 0.362. The standard InChI is InChI=1S/C47H52N2O3/c1-43(2,3)29-15-19-39-37(23-29)47(38-24-30(44(4,5)6)16-20-40(38)52-39,31-13-17-35-21-33(45(7,8)9)25-41(50)48(35)27-31)32-14-18-36-22-34(46(10,11)12)26-42(51)49(36)28-32/h13-28H,1-12H3. The summed E-state index contributed by atoms with van der Waals surface area (Å²) in [5.41, 5.74) is 7.96. The Kier molecular flexibility index (Phi) is 7.89. The number of rotatable bonds is 2. The SMILES string of the molecule is CC(C)(C)c1ccc2c(c1)C(c1ccc3cc(C(C)(C)C)cc(=O)n3c1)(c1ccc3cc(C(C)(C)C)cc(=O)n3c1)c1cc(C(C)(C)C)ccc1O2. The predicted molar refractivity (Wildman–Crippen MR) is 214 cm³/mol. The van der Waals surface area contributed by atoms with Gasteiger partial charge in [-0.2, -0.15) is 0 Å². The maximum Gasteiger partial charge on any atom is 0.255 e. The number of nitrogens with zero attached hydrogens (tertiary/aromatic N) is 2. The van der Waals surface area contributed by atoms with Crippen LogP contribution in [0, 0.1) is 0 Å². The second kappa shape index (κ2) is 11.6. The third-order valence-electron chi connectivity index (χ3n) is 10.9. The molecule has 2 aromatic carbocycles. The number of benzene rings is 2. The molecular formula is C47H52N2O3. The second-order valence-electron chi connectivity index (χ2n) is 18.9. The van der Waals surface area contributed by atoms with Crippen LogP contribution in [0.5, 0.6) is 11.5 Å². The Morgan fingerprint density at radius 3 is 1.15 bits per heavy atom. The van der Waals surface area contributed by atoms with E-state index in [1.165, 1.54) is 0 Å². The maximum absolute atomic E-state index is 14.0. The minimum absolute atomic E-state index is 0.0803. The van der Waals surface area contributed by atoms with E-state index in [0.29, 0.717) is 0 Å². The van der Waals surface area contributed by atoms with E-state index in [2.05, 4.69) is 156 Å². The molecule has 6 aromatic rings. The highest BCUT2D eigenvalue weighted by atomic mass is 16.5. The molecule has 0 saturated heterocycles. The van der Waals surface area contributed by atoms with Gasteiger partial charge in [0.1, 0.15) is 11.5 Å². The first-order chi connectivity index (χ1) is 24.1. The van der Waals surface area contributed by atoms with Gasteiger partial charge in [-0.1, -0.05) is 107 Å². The van der Waals surface area contributed by atoms with Crippen molar-refractivity contribution in [2.45, 2.75) is 110 Å². The van der Waals surface area contributed by atoms with Crippen LogP contribution < -0.4 is 15.9 Å². The molecule has 0 spiro atoms. The van der Waals surface area contributed by atoms with Crippen molar-refractivity contribution in [3.05, 3.63) is 163 Å². The number of hydrogen-bond donors (Lipinski definition) is 0. The van der Waals surface area contributed by atoms with Crippen LogP contribution in [0.4, 0.5) is 0 Å². The normalized spacial score (nSPS) is 14.6. The number of ether oxygens (including phenoxy) is 1. The van der Waals surface area contributed by atoms with Crippen LogP contribution >= 0.6 is 0 Å². The van der Waals surface area contributed by atoms with Gasteiger partial charge in [-0.05, 0) is 104 Å². The van der Waals surface area contributed by atoms with Gasteiger partial charge in [0, 0.05) is 46.7 Å². The van der Waals surface area contributed by atoms with Gasteiger partial charge in [0.2, 0.25) is 0 Å². The van der Waals surface area contributed by atoms with E-state index in [1.54, 1.807) is 20.9 Å². The largest absolute Gasteiger partial charge is 0.457 e. The van der Waals surface area contributed by atoms with Crippen molar-refractivity contribution in [2.24, 2.45) is 0 Å². The zero-order valence-electron chi connectivity index (χ0n) is 32.9. The molecule has 0 saturated carbocycles. The van der Waals surface area contributed by atoms with Crippen LogP contribution in [0.1, 0.15) is 128 Å². The van der Waals surface area contributed by atoms with Crippen molar-refractivity contribution in [3.8, 4) is 11.5 Å². The molecule has 0 fully saturated rings.